The van der Waals surface area contributed by atoms with Crippen LogP contribution in [0.15, 0.2) is 29.2 Å². The van der Waals surface area contributed by atoms with Crippen molar-refractivity contribution in [1.82, 2.24) is 4.72 Å². The maximum Gasteiger partial charge on any atom is 0.264 e. The molecule has 0 atom stereocenters. The zero-order chi connectivity index (χ0) is 15.2. The van der Waals surface area contributed by atoms with Crippen molar-refractivity contribution in [3.63, 3.8) is 0 Å². The lowest BCUT2D eigenvalue weighted by Gasteiger charge is -2.09. The van der Waals surface area contributed by atoms with E-state index >= 15 is 0 Å². The van der Waals surface area contributed by atoms with E-state index in [0.29, 0.717) is 5.75 Å². The Morgan fingerprint density at radius 3 is 2.65 bits per heavy atom. The number of sulfonamides is 1. The average molecular weight is 301 g/mol. The summed E-state index contributed by atoms with van der Waals surface area (Å²) >= 11 is 0. The van der Waals surface area contributed by atoms with Gasteiger partial charge in [-0.2, -0.15) is 0 Å². The van der Waals surface area contributed by atoms with Crippen LogP contribution in [0.5, 0.6) is 5.75 Å². The van der Waals surface area contributed by atoms with Gasteiger partial charge in [0.05, 0.1) is 31.1 Å². The molecule has 0 heterocycles. The maximum atomic E-state index is 12.0. The SMILES string of the molecule is COc1cccc(S(=O)(=O)NC(=O)CCOC(C)C)c1. The molecule has 20 heavy (non-hydrogen) atoms. The van der Waals surface area contributed by atoms with Crippen LogP contribution in [0.25, 0.3) is 0 Å². The molecule has 0 spiro atoms. The molecule has 0 radical (unpaired) electrons. The highest BCUT2D eigenvalue weighted by atomic mass is 32.2. The van der Waals surface area contributed by atoms with Gasteiger partial charge in [0.2, 0.25) is 5.91 Å². The molecule has 0 fully saturated rings. The Morgan fingerprint density at radius 1 is 1.35 bits per heavy atom. The van der Waals surface area contributed by atoms with Crippen molar-refractivity contribution in [2.45, 2.75) is 31.3 Å². The van der Waals surface area contributed by atoms with Crippen molar-refractivity contribution in [2.75, 3.05) is 13.7 Å². The zero-order valence-corrected chi connectivity index (χ0v) is 12.6. The Kier molecular flexibility index (Phi) is 5.97. The lowest BCUT2D eigenvalue weighted by molar-refractivity contribution is -0.120. The van der Waals surface area contributed by atoms with Crippen molar-refractivity contribution in [2.24, 2.45) is 0 Å². The Bertz CT molecular complexity index is 554. The van der Waals surface area contributed by atoms with Crippen LogP contribution in [0, 0.1) is 0 Å². The van der Waals surface area contributed by atoms with Gasteiger partial charge in [0, 0.05) is 6.07 Å². The van der Waals surface area contributed by atoms with Crippen molar-refractivity contribution in [3.05, 3.63) is 24.3 Å². The third-order valence-electron chi connectivity index (χ3n) is 2.38. The molecule has 7 heteroatoms. The molecule has 0 saturated carbocycles. The second kappa shape index (κ2) is 7.25. The molecular formula is C13H19NO5S. The third kappa shape index (κ3) is 5.18. The lowest BCUT2D eigenvalue weighted by atomic mass is 10.3. The van der Waals surface area contributed by atoms with Gasteiger partial charge in [-0.25, -0.2) is 13.1 Å². The number of carbonyl (C=O) groups is 1. The van der Waals surface area contributed by atoms with Crippen LogP contribution in [0.3, 0.4) is 0 Å². The van der Waals surface area contributed by atoms with Crippen LogP contribution >= 0.6 is 0 Å². The number of hydrogen-bond donors (Lipinski definition) is 1. The summed E-state index contributed by atoms with van der Waals surface area (Å²) in [4.78, 5) is 11.5. The fraction of sp³-hybridized carbons (Fsp3) is 0.462. The molecule has 1 aromatic carbocycles. The number of rotatable bonds is 7. The summed E-state index contributed by atoms with van der Waals surface area (Å²) in [5.74, 6) is -0.197. The van der Waals surface area contributed by atoms with Gasteiger partial charge in [0.25, 0.3) is 10.0 Å². The van der Waals surface area contributed by atoms with Crippen LogP contribution in [-0.4, -0.2) is 34.1 Å². The molecule has 6 nitrogen and oxygen atoms in total. The number of amides is 1. The maximum absolute atomic E-state index is 12.0. The summed E-state index contributed by atoms with van der Waals surface area (Å²) in [5.41, 5.74) is 0. The molecule has 0 aromatic heterocycles. The topological polar surface area (TPSA) is 81.7 Å². The highest BCUT2D eigenvalue weighted by Crippen LogP contribution is 2.16. The molecule has 1 amide bonds. The molecule has 0 unspecified atom stereocenters. The van der Waals surface area contributed by atoms with Gasteiger partial charge < -0.3 is 9.47 Å². The Labute approximate surface area is 119 Å². The molecule has 112 valence electrons. The van der Waals surface area contributed by atoms with Gasteiger partial charge >= 0.3 is 0 Å². The zero-order valence-electron chi connectivity index (χ0n) is 11.8. The molecule has 1 N–H and O–H groups in total. The first kappa shape index (κ1) is 16.5. The molecule has 1 aromatic rings. The van der Waals surface area contributed by atoms with Crippen LogP contribution in [0.1, 0.15) is 20.3 Å². The summed E-state index contributed by atoms with van der Waals surface area (Å²) in [5, 5.41) is 0. The normalized spacial score (nSPS) is 11.4. The molecular weight excluding hydrogens is 282 g/mol. The standard InChI is InChI=1S/C13H19NO5S/c1-10(2)19-8-7-13(15)14-20(16,17)12-6-4-5-11(9-12)18-3/h4-6,9-10H,7-8H2,1-3H3,(H,14,15). The van der Waals surface area contributed by atoms with Crippen LogP contribution in [0.4, 0.5) is 0 Å². The van der Waals surface area contributed by atoms with E-state index in [1.54, 1.807) is 12.1 Å². The van der Waals surface area contributed by atoms with Crippen molar-refractivity contribution >= 4 is 15.9 Å². The monoisotopic (exact) mass is 301 g/mol. The smallest absolute Gasteiger partial charge is 0.264 e. The molecule has 0 aliphatic heterocycles. The van der Waals surface area contributed by atoms with Crippen LogP contribution in [0.2, 0.25) is 0 Å². The fourth-order valence-corrected chi connectivity index (χ4v) is 2.46. The quantitative estimate of drug-likeness (QED) is 0.821. The summed E-state index contributed by atoms with van der Waals surface area (Å²) in [7, 11) is -2.44. The minimum Gasteiger partial charge on any atom is -0.497 e. The Hall–Kier alpha value is -1.60. The van der Waals surface area contributed by atoms with E-state index in [1.165, 1.54) is 19.2 Å². The van der Waals surface area contributed by atoms with Gasteiger partial charge in [-0.3, -0.25) is 4.79 Å². The van der Waals surface area contributed by atoms with Crippen LogP contribution in [-0.2, 0) is 19.6 Å². The summed E-state index contributed by atoms with van der Waals surface area (Å²) < 4.78 is 36.1. The van der Waals surface area contributed by atoms with E-state index in [1.807, 2.05) is 18.6 Å². The van der Waals surface area contributed by atoms with E-state index in [9.17, 15) is 13.2 Å². The largest absolute Gasteiger partial charge is 0.497 e. The molecule has 0 aliphatic rings. The lowest BCUT2D eigenvalue weighted by Crippen LogP contribution is -2.31. The molecule has 0 bridgehead atoms. The van der Waals surface area contributed by atoms with Gasteiger partial charge in [-0.15, -0.1) is 0 Å². The van der Waals surface area contributed by atoms with Crippen LogP contribution < -0.4 is 9.46 Å². The van der Waals surface area contributed by atoms with E-state index in [2.05, 4.69) is 0 Å². The number of carbonyl (C=O) groups excluding carboxylic acids is 1. The van der Waals surface area contributed by atoms with Crippen molar-refractivity contribution in [3.8, 4) is 5.75 Å². The van der Waals surface area contributed by atoms with E-state index < -0.39 is 15.9 Å². The summed E-state index contributed by atoms with van der Waals surface area (Å²) in [6.45, 7) is 3.85. The van der Waals surface area contributed by atoms with Gasteiger partial charge in [-0.1, -0.05) is 6.07 Å². The molecule has 0 aliphatic carbocycles. The Morgan fingerprint density at radius 2 is 2.05 bits per heavy atom. The van der Waals surface area contributed by atoms with Gasteiger partial charge in [0.15, 0.2) is 0 Å². The molecule has 0 saturated heterocycles. The summed E-state index contributed by atoms with van der Waals surface area (Å²) in [6, 6.07) is 5.90. The van der Waals surface area contributed by atoms with E-state index in [0.717, 1.165) is 0 Å². The van der Waals surface area contributed by atoms with E-state index in [-0.39, 0.29) is 24.0 Å². The second-order valence-corrected chi connectivity index (χ2v) is 6.06. The third-order valence-corrected chi connectivity index (χ3v) is 3.75. The van der Waals surface area contributed by atoms with Crippen molar-refractivity contribution in [1.29, 1.82) is 0 Å². The highest BCUT2D eigenvalue weighted by Gasteiger charge is 2.18. The van der Waals surface area contributed by atoms with Crippen molar-refractivity contribution < 1.29 is 22.7 Å². The predicted octanol–water partition coefficient (Wildman–Crippen LogP) is 1.32. The predicted molar refractivity (Wildman–Crippen MR) is 74.0 cm³/mol. The minimum atomic E-state index is -3.88. The number of benzene rings is 1. The highest BCUT2D eigenvalue weighted by molar-refractivity contribution is 7.90. The number of ether oxygens (including phenoxy) is 2. The number of nitrogens with one attached hydrogen (secondary N) is 1. The van der Waals surface area contributed by atoms with Gasteiger partial charge in [0.1, 0.15) is 5.75 Å². The van der Waals surface area contributed by atoms with Gasteiger partial charge in [-0.05, 0) is 26.0 Å². The number of hydrogen-bond acceptors (Lipinski definition) is 5. The van der Waals surface area contributed by atoms with E-state index in [4.69, 9.17) is 9.47 Å². The average Bonchev–Trinajstić information content (AvgIpc) is 2.37. The first-order valence-electron chi connectivity index (χ1n) is 6.16. The minimum absolute atomic E-state index is 0.00204. The molecule has 1 rings (SSSR count). The Balaban J connectivity index is 2.67. The second-order valence-electron chi connectivity index (χ2n) is 4.38. The fourth-order valence-electron chi connectivity index (χ4n) is 1.42. The summed E-state index contributed by atoms with van der Waals surface area (Å²) in [6.07, 6.45) is -0.0146. The number of methoxy groups -OCH3 is 1. The first-order chi connectivity index (χ1) is 9.35. The first-order valence-corrected chi connectivity index (χ1v) is 7.65.